The molecule has 0 spiro atoms. The minimum atomic E-state index is -0.746. The van der Waals surface area contributed by atoms with E-state index in [-0.39, 0.29) is 6.42 Å². The van der Waals surface area contributed by atoms with Gasteiger partial charge >= 0.3 is 5.97 Å². The maximum absolute atomic E-state index is 11.5. The molecule has 1 atom stereocenters. The average molecular weight is 328 g/mol. The molecule has 0 amide bonds. The molecule has 21 heavy (non-hydrogen) atoms. The SMILES string of the molecule is CCOC(=O)C(N)Cc1ccc(-c2ccc(Cl)cc2Cl)o1. The first-order chi connectivity index (χ1) is 10.0. The summed E-state index contributed by atoms with van der Waals surface area (Å²) in [6.07, 6.45) is 0.268. The van der Waals surface area contributed by atoms with Gasteiger partial charge < -0.3 is 14.9 Å². The van der Waals surface area contributed by atoms with E-state index in [1.54, 1.807) is 37.3 Å². The zero-order chi connectivity index (χ0) is 15.4. The smallest absolute Gasteiger partial charge is 0.323 e. The van der Waals surface area contributed by atoms with Crippen LogP contribution in [-0.4, -0.2) is 18.6 Å². The number of carbonyl (C=O) groups is 1. The van der Waals surface area contributed by atoms with Crippen LogP contribution in [0.5, 0.6) is 0 Å². The molecule has 2 rings (SSSR count). The molecule has 0 aliphatic heterocycles. The Hall–Kier alpha value is -1.49. The maximum atomic E-state index is 11.5. The highest BCUT2D eigenvalue weighted by Gasteiger charge is 2.18. The lowest BCUT2D eigenvalue weighted by Crippen LogP contribution is -2.34. The highest BCUT2D eigenvalue weighted by atomic mass is 35.5. The van der Waals surface area contributed by atoms with Crippen LogP contribution in [-0.2, 0) is 16.0 Å². The van der Waals surface area contributed by atoms with Crippen molar-refractivity contribution in [3.05, 3.63) is 46.1 Å². The van der Waals surface area contributed by atoms with Crippen molar-refractivity contribution in [1.29, 1.82) is 0 Å². The topological polar surface area (TPSA) is 65.5 Å². The summed E-state index contributed by atoms with van der Waals surface area (Å²) in [5, 5.41) is 1.05. The van der Waals surface area contributed by atoms with Crippen molar-refractivity contribution in [1.82, 2.24) is 0 Å². The molecule has 0 saturated heterocycles. The molecule has 1 heterocycles. The van der Waals surface area contributed by atoms with Crippen LogP contribution in [0.2, 0.25) is 10.0 Å². The lowest BCUT2D eigenvalue weighted by atomic mass is 10.1. The first-order valence-electron chi connectivity index (χ1n) is 6.47. The van der Waals surface area contributed by atoms with E-state index in [0.717, 1.165) is 5.56 Å². The number of esters is 1. The second-order valence-electron chi connectivity index (χ2n) is 4.45. The maximum Gasteiger partial charge on any atom is 0.323 e. The van der Waals surface area contributed by atoms with Crippen molar-refractivity contribution < 1.29 is 13.9 Å². The highest BCUT2D eigenvalue weighted by molar-refractivity contribution is 6.36. The highest BCUT2D eigenvalue weighted by Crippen LogP contribution is 2.31. The molecule has 0 bridgehead atoms. The predicted octanol–water partition coefficient (Wildman–Crippen LogP) is 3.69. The van der Waals surface area contributed by atoms with Gasteiger partial charge in [-0.3, -0.25) is 4.79 Å². The number of nitrogens with two attached hydrogens (primary N) is 1. The van der Waals surface area contributed by atoms with E-state index in [4.69, 9.17) is 38.1 Å². The molecule has 4 nitrogen and oxygen atoms in total. The van der Waals surface area contributed by atoms with Crippen LogP contribution >= 0.6 is 23.2 Å². The van der Waals surface area contributed by atoms with Crippen molar-refractivity contribution >= 4 is 29.2 Å². The number of rotatable bonds is 5. The van der Waals surface area contributed by atoms with Gasteiger partial charge in [-0.1, -0.05) is 23.2 Å². The summed E-state index contributed by atoms with van der Waals surface area (Å²) in [7, 11) is 0. The van der Waals surface area contributed by atoms with Gasteiger partial charge in [-0.2, -0.15) is 0 Å². The molecular weight excluding hydrogens is 313 g/mol. The molecule has 0 saturated carbocycles. The first-order valence-corrected chi connectivity index (χ1v) is 7.23. The Kier molecular flexibility index (Phi) is 5.28. The number of hydrogen-bond acceptors (Lipinski definition) is 4. The summed E-state index contributed by atoms with van der Waals surface area (Å²) in [5.74, 6) is 0.749. The van der Waals surface area contributed by atoms with E-state index in [2.05, 4.69) is 0 Å². The van der Waals surface area contributed by atoms with Crippen molar-refractivity contribution in [3.63, 3.8) is 0 Å². The van der Waals surface area contributed by atoms with Crippen LogP contribution in [0.1, 0.15) is 12.7 Å². The molecule has 1 aromatic heterocycles. The van der Waals surface area contributed by atoms with E-state index >= 15 is 0 Å². The number of carbonyl (C=O) groups excluding carboxylic acids is 1. The van der Waals surface area contributed by atoms with Crippen LogP contribution in [0, 0.1) is 0 Å². The fourth-order valence-electron chi connectivity index (χ4n) is 1.87. The Balaban J connectivity index is 2.13. The monoisotopic (exact) mass is 327 g/mol. The van der Waals surface area contributed by atoms with Gasteiger partial charge in [0.1, 0.15) is 17.6 Å². The third-order valence-electron chi connectivity index (χ3n) is 2.87. The second-order valence-corrected chi connectivity index (χ2v) is 5.30. The Morgan fingerprint density at radius 2 is 2.10 bits per heavy atom. The van der Waals surface area contributed by atoms with Gasteiger partial charge in [-0.05, 0) is 37.3 Å². The number of halogens is 2. The van der Waals surface area contributed by atoms with Crippen molar-refractivity contribution in [3.8, 4) is 11.3 Å². The summed E-state index contributed by atoms with van der Waals surface area (Å²) in [4.78, 5) is 11.5. The van der Waals surface area contributed by atoms with Crippen LogP contribution in [0.25, 0.3) is 11.3 Å². The predicted molar refractivity (Wildman–Crippen MR) is 82.5 cm³/mol. The van der Waals surface area contributed by atoms with Gasteiger partial charge in [0.2, 0.25) is 0 Å². The van der Waals surface area contributed by atoms with Crippen LogP contribution in [0.4, 0.5) is 0 Å². The number of hydrogen-bond donors (Lipinski definition) is 1. The summed E-state index contributed by atoms with van der Waals surface area (Å²) in [5.41, 5.74) is 6.49. The molecule has 0 aliphatic rings. The van der Waals surface area contributed by atoms with Crippen LogP contribution in [0.3, 0.4) is 0 Å². The van der Waals surface area contributed by atoms with Crippen molar-refractivity contribution in [2.24, 2.45) is 5.73 Å². The standard InChI is InChI=1S/C15H15Cl2NO3/c1-2-20-15(19)13(18)8-10-4-6-14(21-10)11-5-3-9(16)7-12(11)17/h3-7,13H,2,8,18H2,1H3. The van der Waals surface area contributed by atoms with E-state index in [0.29, 0.717) is 28.2 Å². The minimum absolute atomic E-state index is 0.268. The number of furan rings is 1. The Bertz CT molecular complexity index is 640. The number of benzene rings is 1. The van der Waals surface area contributed by atoms with Crippen LogP contribution < -0.4 is 5.73 Å². The zero-order valence-electron chi connectivity index (χ0n) is 11.4. The van der Waals surface area contributed by atoms with Crippen molar-refractivity contribution in [2.75, 3.05) is 6.61 Å². The minimum Gasteiger partial charge on any atom is -0.465 e. The second kappa shape index (κ2) is 6.98. The van der Waals surface area contributed by atoms with E-state index < -0.39 is 12.0 Å². The third kappa shape index (κ3) is 4.00. The van der Waals surface area contributed by atoms with E-state index in [1.165, 1.54) is 0 Å². The summed E-state index contributed by atoms with van der Waals surface area (Å²) in [6, 6.07) is 7.95. The van der Waals surface area contributed by atoms with Gasteiger partial charge in [0.15, 0.2) is 0 Å². The molecule has 0 fully saturated rings. The molecular formula is C15H15Cl2NO3. The Morgan fingerprint density at radius 1 is 1.33 bits per heavy atom. The molecule has 112 valence electrons. The molecule has 0 aliphatic carbocycles. The first kappa shape index (κ1) is 15.9. The number of ether oxygens (including phenoxy) is 1. The largest absolute Gasteiger partial charge is 0.465 e. The van der Waals surface area contributed by atoms with E-state index in [9.17, 15) is 4.79 Å². The lowest BCUT2D eigenvalue weighted by molar-refractivity contribution is -0.144. The summed E-state index contributed by atoms with van der Waals surface area (Å²) < 4.78 is 10.5. The molecule has 1 unspecified atom stereocenters. The van der Waals surface area contributed by atoms with Gasteiger partial charge in [0, 0.05) is 17.0 Å². The van der Waals surface area contributed by atoms with Gasteiger partial charge in [0.05, 0.1) is 11.6 Å². The zero-order valence-corrected chi connectivity index (χ0v) is 12.9. The van der Waals surface area contributed by atoms with Crippen molar-refractivity contribution in [2.45, 2.75) is 19.4 Å². The summed E-state index contributed by atoms with van der Waals surface area (Å²) >= 11 is 12.0. The molecule has 0 radical (unpaired) electrons. The molecule has 2 N–H and O–H groups in total. The fraction of sp³-hybridized carbons (Fsp3) is 0.267. The Labute approximate surface area is 132 Å². The Morgan fingerprint density at radius 3 is 2.76 bits per heavy atom. The fourth-order valence-corrected chi connectivity index (χ4v) is 2.37. The van der Waals surface area contributed by atoms with Crippen LogP contribution in [0.15, 0.2) is 34.7 Å². The lowest BCUT2D eigenvalue weighted by Gasteiger charge is -2.08. The van der Waals surface area contributed by atoms with Gasteiger partial charge in [-0.15, -0.1) is 0 Å². The van der Waals surface area contributed by atoms with Gasteiger partial charge in [-0.25, -0.2) is 0 Å². The normalized spacial score (nSPS) is 12.2. The van der Waals surface area contributed by atoms with E-state index in [1.807, 2.05) is 0 Å². The average Bonchev–Trinajstić information content (AvgIpc) is 2.87. The molecule has 2 aromatic rings. The van der Waals surface area contributed by atoms with Gasteiger partial charge in [0.25, 0.3) is 0 Å². The summed E-state index contributed by atoms with van der Waals surface area (Å²) in [6.45, 7) is 2.04. The molecule has 1 aromatic carbocycles. The quantitative estimate of drug-likeness (QED) is 0.850. The third-order valence-corrected chi connectivity index (χ3v) is 3.42. The molecule has 6 heteroatoms.